The molecule has 4 aromatic rings. The van der Waals surface area contributed by atoms with Gasteiger partial charge in [0.15, 0.2) is 5.60 Å². The van der Waals surface area contributed by atoms with Gasteiger partial charge in [-0.05, 0) is 42.5 Å². The molecular formula is C27H20ClNO6S2. The summed E-state index contributed by atoms with van der Waals surface area (Å²) in [5, 5.41) is 0.405. The van der Waals surface area contributed by atoms with Crippen molar-refractivity contribution >= 4 is 37.6 Å². The Balaban J connectivity index is 1.77. The zero-order chi connectivity index (χ0) is 26.3. The van der Waals surface area contributed by atoms with E-state index in [-0.39, 0.29) is 15.4 Å². The Labute approximate surface area is 220 Å². The topological polar surface area (TPSA) is 97.8 Å². The number of esters is 1. The number of hydrogen-bond donors (Lipinski definition) is 0. The van der Waals surface area contributed by atoms with E-state index in [0.717, 1.165) is 0 Å². The van der Waals surface area contributed by atoms with Gasteiger partial charge in [0.05, 0.1) is 21.9 Å². The van der Waals surface area contributed by atoms with Crippen molar-refractivity contribution in [3.8, 4) is 0 Å². The third-order valence-electron chi connectivity index (χ3n) is 6.13. The van der Waals surface area contributed by atoms with Gasteiger partial charge in [0.1, 0.15) is 0 Å². The molecule has 4 aromatic carbocycles. The summed E-state index contributed by atoms with van der Waals surface area (Å²) >= 11 is 6.09. The van der Waals surface area contributed by atoms with Crippen LogP contribution in [0.1, 0.15) is 21.5 Å². The predicted molar refractivity (Wildman–Crippen MR) is 138 cm³/mol. The second-order valence-electron chi connectivity index (χ2n) is 8.34. The van der Waals surface area contributed by atoms with Gasteiger partial charge in [0, 0.05) is 16.1 Å². The number of halogens is 1. The van der Waals surface area contributed by atoms with Gasteiger partial charge in [-0.3, -0.25) is 0 Å². The van der Waals surface area contributed by atoms with Crippen molar-refractivity contribution in [2.75, 3.05) is 6.54 Å². The van der Waals surface area contributed by atoms with Crippen LogP contribution in [0, 0.1) is 0 Å². The van der Waals surface area contributed by atoms with Crippen molar-refractivity contribution < 1.29 is 26.4 Å². The van der Waals surface area contributed by atoms with Gasteiger partial charge < -0.3 is 4.74 Å². The highest BCUT2D eigenvalue weighted by Gasteiger charge is 2.52. The molecule has 0 amide bonds. The van der Waals surface area contributed by atoms with E-state index in [2.05, 4.69) is 0 Å². The van der Waals surface area contributed by atoms with Gasteiger partial charge in [0.2, 0.25) is 0 Å². The minimum atomic E-state index is -4.64. The Hall–Kier alpha value is -3.50. The molecule has 0 aliphatic carbocycles. The molecule has 0 N–H and O–H groups in total. The molecule has 1 aliphatic rings. The minimum absolute atomic E-state index is 0.214. The summed E-state index contributed by atoms with van der Waals surface area (Å²) in [4.78, 5) is 12.5. The first kappa shape index (κ1) is 25.2. The van der Waals surface area contributed by atoms with Crippen molar-refractivity contribution in [3.63, 3.8) is 0 Å². The quantitative estimate of drug-likeness (QED) is 0.304. The summed E-state index contributed by atoms with van der Waals surface area (Å²) in [7, 11) is -9.28. The number of carbonyl (C=O) groups is 1. The number of fused-ring (bicyclic) bond motifs is 1. The largest absolute Gasteiger partial charge is 0.444 e. The van der Waals surface area contributed by atoms with E-state index >= 15 is 0 Å². The average Bonchev–Trinajstić information content (AvgIpc) is 3.21. The number of nitrogens with zero attached hydrogens (tertiary/aromatic N) is 1. The van der Waals surface area contributed by atoms with Crippen LogP contribution in [-0.2, 0) is 30.4 Å². The molecule has 0 saturated heterocycles. The molecule has 10 heteroatoms. The summed E-state index contributed by atoms with van der Waals surface area (Å²) in [5.41, 5.74) is -0.834. The minimum Gasteiger partial charge on any atom is -0.444 e. The first-order valence-electron chi connectivity index (χ1n) is 11.1. The highest BCUT2D eigenvalue weighted by atomic mass is 35.5. The molecule has 0 fully saturated rings. The molecule has 1 heterocycles. The summed E-state index contributed by atoms with van der Waals surface area (Å²) in [6.07, 6.45) is 0. The van der Waals surface area contributed by atoms with Crippen molar-refractivity contribution in [2.24, 2.45) is 0 Å². The summed E-state index contributed by atoms with van der Waals surface area (Å²) in [6.45, 7) is -0.730. The number of hydrogen-bond acceptors (Lipinski definition) is 6. The van der Waals surface area contributed by atoms with E-state index in [9.17, 15) is 21.6 Å². The predicted octanol–water partition coefficient (Wildman–Crippen LogP) is 4.83. The molecule has 7 nitrogen and oxygen atoms in total. The maximum Gasteiger partial charge on any atom is 0.339 e. The fraction of sp³-hybridized carbons (Fsp3) is 0.0741. The lowest BCUT2D eigenvalue weighted by Crippen LogP contribution is -2.47. The summed E-state index contributed by atoms with van der Waals surface area (Å²) in [5.74, 6) is -0.695. The normalized spacial score (nSPS) is 17.4. The van der Waals surface area contributed by atoms with E-state index in [4.69, 9.17) is 16.3 Å². The molecule has 0 radical (unpaired) electrons. The number of ether oxygens (including phenoxy) is 1. The van der Waals surface area contributed by atoms with Crippen LogP contribution in [0.25, 0.3) is 0 Å². The van der Waals surface area contributed by atoms with Gasteiger partial charge >= 0.3 is 5.97 Å². The van der Waals surface area contributed by atoms with Crippen molar-refractivity contribution in [3.05, 3.63) is 131 Å². The van der Waals surface area contributed by atoms with E-state index < -0.39 is 38.2 Å². The SMILES string of the molecule is O=C1O[C@@](CN(S(=O)(=O)c2ccccc2)S(=O)(=O)c2ccccc2)(c2ccc(Cl)cc2)c2ccccc21. The fourth-order valence-electron chi connectivity index (χ4n) is 4.32. The molecule has 1 aliphatic heterocycles. The van der Waals surface area contributed by atoms with Gasteiger partial charge in [-0.2, -0.15) is 0 Å². The second kappa shape index (κ2) is 9.42. The Morgan fingerprint density at radius 1 is 0.676 bits per heavy atom. The lowest BCUT2D eigenvalue weighted by atomic mass is 9.85. The molecule has 0 bridgehead atoms. The molecule has 0 saturated carbocycles. The maximum absolute atomic E-state index is 13.9. The van der Waals surface area contributed by atoms with E-state index in [0.29, 0.717) is 19.9 Å². The van der Waals surface area contributed by atoms with Crippen LogP contribution in [0.15, 0.2) is 119 Å². The molecule has 0 spiro atoms. The van der Waals surface area contributed by atoms with E-state index in [1.165, 1.54) is 48.5 Å². The smallest absolute Gasteiger partial charge is 0.339 e. The Kier molecular flexibility index (Phi) is 6.41. The molecule has 0 aromatic heterocycles. The fourth-order valence-corrected chi connectivity index (χ4v) is 8.18. The number of benzene rings is 4. The number of sulfonamides is 2. The molecule has 5 rings (SSSR count). The lowest BCUT2D eigenvalue weighted by molar-refractivity contribution is 0.00824. The first-order chi connectivity index (χ1) is 17.7. The summed E-state index contributed by atoms with van der Waals surface area (Å²) < 4.78 is 62.1. The van der Waals surface area contributed by atoms with Gasteiger partial charge in [-0.1, -0.05) is 82.0 Å². The standard InChI is InChI=1S/C27H20ClNO6S2/c28-21-17-15-20(16-18-21)27(25-14-8-7-13-24(25)26(30)35-27)19-29(36(31,32)22-9-3-1-4-10-22)37(33,34)23-11-5-2-6-12-23/h1-18H,19H2/t27-/m0/s1. The Bertz CT molecular complexity index is 1610. The van der Waals surface area contributed by atoms with Gasteiger partial charge in [-0.15, -0.1) is 0 Å². The van der Waals surface area contributed by atoms with Crippen LogP contribution in [0.2, 0.25) is 5.02 Å². The van der Waals surface area contributed by atoms with Crippen LogP contribution in [-0.4, -0.2) is 33.1 Å². The zero-order valence-corrected chi connectivity index (χ0v) is 21.6. The first-order valence-corrected chi connectivity index (χ1v) is 14.4. The number of cyclic esters (lactones) is 1. The third kappa shape index (κ3) is 4.34. The average molecular weight is 554 g/mol. The third-order valence-corrected chi connectivity index (χ3v) is 10.6. The highest BCUT2D eigenvalue weighted by molar-refractivity contribution is 8.04. The van der Waals surface area contributed by atoms with E-state index in [1.54, 1.807) is 60.7 Å². The monoisotopic (exact) mass is 553 g/mol. The highest BCUT2D eigenvalue weighted by Crippen LogP contribution is 2.44. The van der Waals surface area contributed by atoms with Crippen LogP contribution < -0.4 is 0 Å². The summed E-state index contributed by atoms with van der Waals surface area (Å²) in [6, 6.07) is 27.3. The van der Waals surface area contributed by atoms with Crippen LogP contribution in [0.4, 0.5) is 0 Å². The molecule has 37 heavy (non-hydrogen) atoms. The van der Waals surface area contributed by atoms with Crippen LogP contribution in [0.5, 0.6) is 0 Å². The molecule has 1 atom stereocenters. The van der Waals surface area contributed by atoms with Crippen LogP contribution in [0.3, 0.4) is 0 Å². The maximum atomic E-state index is 13.9. The Morgan fingerprint density at radius 3 is 1.70 bits per heavy atom. The molecule has 188 valence electrons. The van der Waals surface area contributed by atoms with Crippen molar-refractivity contribution in [2.45, 2.75) is 15.4 Å². The zero-order valence-electron chi connectivity index (χ0n) is 19.2. The van der Waals surface area contributed by atoms with Crippen LogP contribution >= 0.6 is 11.6 Å². The van der Waals surface area contributed by atoms with Gasteiger partial charge in [0.25, 0.3) is 20.0 Å². The van der Waals surface area contributed by atoms with Crippen molar-refractivity contribution in [1.29, 1.82) is 0 Å². The lowest BCUT2D eigenvalue weighted by Gasteiger charge is -2.34. The molecule has 0 unspecified atom stereocenters. The number of rotatable bonds is 7. The van der Waals surface area contributed by atoms with E-state index in [1.807, 2.05) is 0 Å². The van der Waals surface area contributed by atoms with Gasteiger partial charge in [-0.25, -0.2) is 21.6 Å². The second-order valence-corrected chi connectivity index (χ2v) is 12.7. The Morgan fingerprint density at radius 2 is 1.16 bits per heavy atom. The van der Waals surface area contributed by atoms with Crippen molar-refractivity contribution in [1.82, 2.24) is 3.71 Å². The number of carbonyl (C=O) groups excluding carboxylic acids is 1. The molecular weight excluding hydrogens is 534 g/mol.